The minimum absolute atomic E-state index is 0.618. The normalized spacial score (nSPS) is 11.3. The first-order chi connectivity index (χ1) is 9.79. The van der Waals surface area contributed by atoms with Crippen LogP contribution >= 0.6 is 0 Å². The van der Waals surface area contributed by atoms with Gasteiger partial charge in [-0.05, 0) is 25.6 Å². The van der Waals surface area contributed by atoms with Gasteiger partial charge >= 0.3 is 0 Å². The van der Waals surface area contributed by atoms with Gasteiger partial charge in [0.2, 0.25) is 0 Å². The summed E-state index contributed by atoms with van der Waals surface area (Å²) >= 11 is 0. The Morgan fingerprint density at radius 2 is 2.05 bits per heavy atom. The molecule has 3 aromatic rings. The number of benzene rings is 1. The fraction of sp³-hybridized carbons (Fsp3) is 0.333. The van der Waals surface area contributed by atoms with E-state index < -0.39 is 0 Å². The predicted octanol–water partition coefficient (Wildman–Crippen LogP) is 1.74. The molecule has 2 aromatic heterocycles. The third-order valence-electron chi connectivity index (χ3n) is 3.59. The SMILES string of the molecule is Cc1nccn1CCn1c(CCN)nc2ccccc21. The van der Waals surface area contributed by atoms with Gasteiger partial charge in [0, 0.05) is 31.9 Å². The van der Waals surface area contributed by atoms with Gasteiger partial charge in [0.25, 0.3) is 0 Å². The molecular weight excluding hydrogens is 250 g/mol. The summed E-state index contributed by atoms with van der Waals surface area (Å²) in [5.74, 6) is 2.10. The molecule has 0 fully saturated rings. The van der Waals surface area contributed by atoms with E-state index in [0.29, 0.717) is 6.54 Å². The van der Waals surface area contributed by atoms with E-state index >= 15 is 0 Å². The molecule has 20 heavy (non-hydrogen) atoms. The number of aromatic nitrogens is 4. The number of nitrogens with zero attached hydrogens (tertiary/aromatic N) is 4. The molecule has 0 bridgehead atoms. The van der Waals surface area contributed by atoms with Crippen molar-refractivity contribution in [2.45, 2.75) is 26.4 Å². The third-order valence-corrected chi connectivity index (χ3v) is 3.59. The summed E-state index contributed by atoms with van der Waals surface area (Å²) < 4.78 is 4.42. The van der Waals surface area contributed by atoms with Crippen LogP contribution in [0.1, 0.15) is 11.6 Å². The third kappa shape index (κ3) is 2.32. The lowest BCUT2D eigenvalue weighted by Gasteiger charge is -2.10. The molecule has 5 nitrogen and oxygen atoms in total. The molecule has 3 rings (SSSR count). The zero-order chi connectivity index (χ0) is 13.9. The Labute approximate surface area is 118 Å². The van der Waals surface area contributed by atoms with Gasteiger partial charge in [0.1, 0.15) is 11.6 Å². The van der Waals surface area contributed by atoms with Crippen LogP contribution in [0, 0.1) is 6.92 Å². The van der Waals surface area contributed by atoms with Gasteiger partial charge in [0.05, 0.1) is 11.0 Å². The molecular formula is C15H19N5. The number of nitrogens with two attached hydrogens (primary N) is 1. The maximum Gasteiger partial charge on any atom is 0.111 e. The molecule has 0 aliphatic carbocycles. The molecule has 0 saturated heterocycles. The summed E-state index contributed by atoms with van der Waals surface area (Å²) in [7, 11) is 0. The van der Waals surface area contributed by atoms with Crippen molar-refractivity contribution in [1.82, 2.24) is 19.1 Å². The van der Waals surface area contributed by atoms with Crippen molar-refractivity contribution in [2.24, 2.45) is 5.73 Å². The average molecular weight is 269 g/mol. The number of para-hydroxylation sites is 2. The molecule has 104 valence electrons. The first-order valence-corrected chi connectivity index (χ1v) is 6.91. The molecule has 0 unspecified atom stereocenters. The van der Waals surface area contributed by atoms with Crippen LogP contribution in [0.25, 0.3) is 11.0 Å². The summed E-state index contributed by atoms with van der Waals surface area (Å²) in [6.07, 6.45) is 4.65. The highest BCUT2D eigenvalue weighted by molar-refractivity contribution is 5.75. The zero-order valence-corrected chi connectivity index (χ0v) is 11.7. The standard InChI is InChI=1S/C15H19N5/c1-12-17-8-9-19(12)10-11-20-14-5-3-2-4-13(14)18-15(20)6-7-16/h2-5,8-9H,6-7,10-11,16H2,1H3. The van der Waals surface area contributed by atoms with E-state index in [-0.39, 0.29) is 0 Å². The quantitative estimate of drug-likeness (QED) is 0.767. The molecule has 2 N–H and O–H groups in total. The van der Waals surface area contributed by atoms with Gasteiger partial charge in [-0.25, -0.2) is 9.97 Å². The van der Waals surface area contributed by atoms with E-state index in [1.165, 1.54) is 5.52 Å². The van der Waals surface area contributed by atoms with E-state index in [4.69, 9.17) is 5.73 Å². The minimum Gasteiger partial charge on any atom is -0.333 e. The van der Waals surface area contributed by atoms with Crippen molar-refractivity contribution >= 4 is 11.0 Å². The van der Waals surface area contributed by atoms with Crippen LogP contribution < -0.4 is 5.73 Å². The van der Waals surface area contributed by atoms with Crippen LogP contribution in [0.4, 0.5) is 0 Å². The van der Waals surface area contributed by atoms with Crippen molar-refractivity contribution in [2.75, 3.05) is 6.54 Å². The monoisotopic (exact) mass is 269 g/mol. The van der Waals surface area contributed by atoms with Gasteiger partial charge < -0.3 is 14.9 Å². The molecule has 0 atom stereocenters. The molecule has 0 aliphatic heterocycles. The molecule has 0 radical (unpaired) electrons. The lowest BCUT2D eigenvalue weighted by atomic mass is 10.3. The summed E-state index contributed by atoms with van der Waals surface area (Å²) in [5.41, 5.74) is 7.91. The number of rotatable bonds is 5. The van der Waals surface area contributed by atoms with Crippen LogP contribution in [0.3, 0.4) is 0 Å². The molecule has 1 aromatic carbocycles. The van der Waals surface area contributed by atoms with Crippen LogP contribution in [0.2, 0.25) is 0 Å². The second-order valence-corrected chi connectivity index (χ2v) is 4.87. The topological polar surface area (TPSA) is 61.7 Å². The van der Waals surface area contributed by atoms with Gasteiger partial charge in [-0.3, -0.25) is 0 Å². The Kier molecular flexibility index (Phi) is 3.52. The van der Waals surface area contributed by atoms with Crippen molar-refractivity contribution < 1.29 is 0 Å². The smallest absolute Gasteiger partial charge is 0.111 e. The van der Waals surface area contributed by atoms with Crippen molar-refractivity contribution in [3.05, 3.63) is 48.3 Å². The van der Waals surface area contributed by atoms with Gasteiger partial charge in [-0.1, -0.05) is 12.1 Å². The van der Waals surface area contributed by atoms with E-state index in [0.717, 1.165) is 36.7 Å². The Morgan fingerprint density at radius 1 is 1.20 bits per heavy atom. The zero-order valence-electron chi connectivity index (χ0n) is 11.7. The Bertz CT molecular complexity index is 710. The molecule has 5 heteroatoms. The predicted molar refractivity (Wildman–Crippen MR) is 79.5 cm³/mol. The number of hydrogen-bond acceptors (Lipinski definition) is 3. The molecule has 0 saturated carbocycles. The number of hydrogen-bond donors (Lipinski definition) is 1. The maximum absolute atomic E-state index is 5.70. The lowest BCUT2D eigenvalue weighted by molar-refractivity contribution is 0.560. The second-order valence-electron chi connectivity index (χ2n) is 4.87. The van der Waals surface area contributed by atoms with Crippen LogP contribution in [-0.4, -0.2) is 25.6 Å². The first-order valence-electron chi connectivity index (χ1n) is 6.91. The van der Waals surface area contributed by atoms with Gasteiger partial charge in [-0.2, -0.15) is 0 Å². The number of imidazole rings is 2. The Balaban J connectivity index is 1.92. The highest BCUT2D eigenvalue weighted by Gasteiger charge is 2.09. The molecule has 0 amide bonds. The fourth-order valence-electron chi connectivity index (χ4n) is 2.54. The second kappa shape index (κ2) is 5.46. The van der Waals surface area contributed by atoms with Gasteiger partial charge in [-0.15, -0.1) is 0 Å². The van der Waals surface area contributed by atoms with Crippen molar-refractivity contribution in [1.29, 1.82) is 0 Å². The molecule has 0 aliphatic rings. The first kappa shape index (κ1) is 12.9. The van der Waals surface area contributed by atoms with Crippen LogP contribution in [-0.2, 0) is 19.5 Å². The maximum atomic E-state index is 5.70. The Hall–Kier alpha value is -2.14. The van der Waals surface area contributed by atoms with Crippen LogP contribution in [0.5, 0.6) is 0 Å². The number of fused-ring (bicyclic) bond motifs is 1. The Morgan fingerprint density at radius 3 is 2.80 bits per heavy atom. The van der Waals surface area contributed by atoms with E-state index in [1.807, 2.05) is 31.5 Å². The molecule has 2 heterocycles. The summed E-state index contributed by atoms with van der Waals surface area (Å²) in [4.78, 5) is 8.94. The minimum atomic E-state index is 0.618. The highest BCUT2D eigenvalue weighted by Crippen LogP contribution is 2.16. The average Bonchev–Trinajstić information content (AvgIpc) is 3.01. The highest BCUT2D eigenvalue weighted by atomic mass is 15.1. The van der Waals surface area contributed by atoms with E-state index in [9.17, 15) is 0 Å². The van der Waals surface area contributed by atoms with Gasteiger partial charge in [0.15, 0.2) is 0 Å². The van der Waals surface area contributed by atoms with Crippen molar-refractivity contribution in [3.8, 4) is 0 Å². The van der Waals surface area contributed by atoms with E-state index in [2.05, 4.69) is 31.2 Å². The van der Waals surface area contributed by atoms with Crippen LogP contribution in [0.15, 0.2) is 36.7 Å². The lowest BCUT2D eigenvalue weighted by Crippen LogP contribution is -2.13. The summed E-state index contributed by atoms with van der Waals surface area (Å²) in [6, 6.07) is 8.23. The molecule has 0 spiro atoms. The van der Waals surface area contributed by atoms with Crippen molar-refractivity contribution in [3.63, 3.8) is 0 Å². The van der Waals surface area contributed by atoms with E-state index in [1.54, 1.807) is 0 Å². The summed E-state index contributed by atoms with van der Waals surface area (Å²) in [6.45, 7) is 4.41. The summed E-state index contributed by atoms with van der Waals surface area (Å²) in [5, 5.41) is 0. The number of aryl methyl sites for hydroxylation is 3. The fourth-order valence-corrected chi connectivity index (χ4v) is 2.54. The largest absolute Gasteiger partial charge is 0.333 e.